The van der Waals surface area contributed by atoms with Crippen LogP contribution in [0.4, 0.5) is 10.5 Å². The first-order chi connectivity index (χ1) is 13.2. The van der Waals surface area contributed by atoms with Gasteiger partial charge < -0.3 is 10.3 Å². The Bertz CT molecular complexity index is 894. The molecule has 2 amide bonds. The summed E-state index contributed by atoms with van der Waals surface area (Å²) < 4.78 is 0. The van der Waals surface area contributed by atoms with Gasteiger partial charge in [0.15, 0.2) is 0 Å². The fourth-order valence-electron chi connectivity index (χ4n) is 3.93. The molecule has 0 bridgehead atoms. The molecule has 3 aromatic rings. The van der Waals surface area contributed by atoms with Gasteiger partial charge in [0.1, 0.15) is 5.82 Å². The zero-order valence-electron chi connectivity index (χ0n) is 15.7. The molecule has 0 atom stereocenters. The van der Waals surface area contributed by atoms with Crippen molar-refractivity contribution in [3.05, 3.63) is 59.9 Å². The molecule has 0 radical (unpaired) electrons. The maximum absolute atomic E-state index is 13.0. The summed E-state index contributed by atoms with van der Waals surface area (Å²) in [4.78, 5) is 22.8. The third-order valence-corrected chi connectivity index (χ3v) is 5.26. The highest BCUT2D eigenvalue weighted by Crippen LogP contribution is 2.28. The first-order valence-electron chi connectivity index (χ1n) is 9.78. The summed E-state index contributed by atoms with van der Waals surface area (Å²) in [6, 6.07) is 16.5. The monoisotopic (exact) mass is 362 g/mol. The van der Waals surface area contributed by atoms with Gasteiger partial charge in [0, 0.05) is 24.7 Å². The van der Waals surface area contributed by atoms with Gasteiger partial charge in [-0.2, -0.15) is 0 Å². The number of hydrogen-bond donors (Lipinski definition) is 2. The molecule has 4 rings (SSSR count). The van der Waals surface area contributed by atoms with Crippen molar-refractivity contribution in [2.45, 2.75) is 45.1 Å². The molecule has 140 valence electrons. The van der Waals surface area contributed by atoms with Crippen LogP contribution in [0.5, 0.6) is 0 Å². The molecule has 0 aliphatic heterocycles. The largest absolute Gasteiger partial charge is 0.342 e. The predicted octanol–water partition coefficient (Wildman–Crippen LogP) is 4.57. The Balaban J connectivity index is 1.43. The van der Waals surface area contributed by atoms with Crippen molar-refractivity contribution in [2.75, 3.05) is 11.4 Å². The molecule has 1 fully saturated rings. The number of urea groups is 1. The summed E-state index contributed by atoms with van der Waals surface area (Å²) in [5.74, 6) is 0.902. The van der Waals surface area contributed by atoms with Gasteiger partial charge in [0.05, 0.1) is 11.0 Å². The number of fused-ring (bicyclic) bond motifs is 1. The van der Waals surface area contributed by atoms with Gasteiger partial charge in [-0.3, -0.25) is 4.90 Å². The Morgan fingerprint density at radius 1 is 1.19 bits per heavy atom. The zero-order chi connectivity index (χ0) is 18.6. The average molecular weight is 362 g/mol. The fraction of sp³-hybridized carbons (Fsp3) is 0.364. The minimum atomic E-state index is -0.0105. The van der Waals surface area contributed by atoms with Gasteiger partial charge >= 0.3 is 6.03 Å². The predicted molar refractivity (Wildman–Crippen MR) is 109 cm³/mol. The Labute approximate surface area is 159 Å². The highest BCUT2D eigenvalue weighted by atomic mass is 16.2. The van der Waals surface area contributed by atoms with Crippen molar-refractivity contribution >= 4 is 22.8 Å². The zero-order valence-corrected chi connectivity index (χ0v) is 15.7. The van der Waals surface area contributed by atoms with E-state index in [4.69, 9.17) is 0 Å². The van der Waals surface area contributed by atoms with Crippen LogP contribution in [0.2, 0.25) is 0 Å². The normalized spacial score (nSPS) is 14.6. The number of aromatic nitrogens is 2. The Morgan fingerprint density at radius 3 is 2.78 bits per heavy atom. The molecule has 2 N–H and O–H groups in total. The van der Waals surface area contributed by atoms with Gasteiger partial charge in [0.2, 0.25) is 0 Å². The van der Waals surface area contributed by atoms with E-state index >= 15 is 0 Å². The lowest BCUT2D eigenvalue weighted by atomic mass is 10.1. The highest BCUT2D eigenvalue weighted by Gasteiger charge is 2.28. The van der Waals surface area contributed by atoms with Crippen molar-refractivity contribution in [1.29, 1.82) is 0 Å². The van der Waals surface area contributed by atoms with Gasteiger partial charge in [-0.25, -0.2) is 9.78 Å². The molecule has 0 spiro atoms. The molecule has 1 aliphatic rings. The maximum Gasteiger partial charge on any atom is 0.322 e. The molecule has 2 aromatic carbocycles. The first kappa shape index (κ1) is 17.6. The molecule has 1 aromatic heterocycles. The van der Waals surface area contributed by atoms with Gasteiger partial charge in [-0.05, 0) is 49.6 Å². The lowest BCUT2D eigenvalue weighted by molar-refractivity contribution is 0.244. The van der Waals surface area contributed by atoms with Gasteiger partial charge in [-0.15, -0.1) is 0 Å². The quantitative estimate of drug-likeness (QED) is 0.698. The number of anilines is 1. The summed E-state index contributed by atoms with van der Waals surface area (Å²) in [6.07, 6.45) is 5.22. The lowest BCUT2D eigenvalue weighted by Crippen LogP contribution is -2.46. The van der Waals surface area contributed by atoms with Crippen molar-refractivity contribution in [2.24, 2.45) is 0 Å². The van der Waals surface area contributed by atoms with Crippen LogP contribution in [0.25, 0.3) is 11.0 Å². The van der Waals surface area contributed by atoms with Gasteiger partial charge in [0.25, 0.3) is 0 Å². The lowest BCUT2D eigenvalue weighted by Gasteiger charge is -2.29. The van der Waals surface area contributed by atoms with Crippen molar-refractivity contribution in [3.63, 3.8) is 0 Å². The summed E-state index contributed by atoms with van der Waals surface area (Å²) in [5, 5.41) is 3.10. The molecule has 27 heavy (non-hydrogen) atoms. The number of rotatable bonds is 5. The number of nitrogens with zero attached hydrogens (tertiary/aromatic N) is 2. The van der Waals surface area contributed by atoms with Crippen molar-refractivity contribution < 1.29 is 4.79 Å². The average Bonchev–Trinajstić information content (AvgIpc) is 3.31. The number of aromatic amines is 1. The molecule has 0 unspecified atom stereocenters. The number of para-hydroxylation sites is 2. The number of carbonyl (C=O) groups excluding carboxylic acids is 1. The number of benzene rings is 2. The molecule has 1 saturated carbocycles. The number of H-pyrrole nitrogens is 1. The maximum atomic E-state index is 13.0. The van der Waals surface area contributed by atoms with Crippen molar-refractivity contribution in [3.8, 4) is 0 Å². The van der Waals surface area contributed by atoms with Crippen LogP contribution in [0.15, 0.2) is 48.5 Å². The topological polar surface area (TPSA) is 61.0 Å². The molecule has 1 heterocycles. The van der Waals surface area contributed by atoms with Crippen LogP contribution in [0.1, 0.15) is 37.1 Å². The van der Waals surface area contributed by atoms with Gasteiger partial charge in [-0.1, -0.05) is 37.1 Å². The summed E-state index contributed by atoms with van der Waals surface area (Å²) in [5.41, 5.74) is 4.16. The van der Waals surface area contributed by atoms with E-state index in [1.54, 1.807) is 0 Å². The van der Waals surface area contributed by atoms with Crippen LogP contribution >= 0.6 is 0 Å². The minimum Gasteiger partial charge on any atom is -0.342 e. The number of carbonyl (C=O) groups is 1. The van der Waals surface area contributed by atoms with E-state index in [9.17, 15) is 4.79 Å². The van der Waals surface area contributed by atoms with Crippen molar-refractivity contribution in [1.82, 2.24) is 15.3 Å². The number of imidazole rings is 1. The number of nitrogens with one attached hydrogen (secondary N) is 2. The van der Waals surface area contributed by atoms with E-state index < -0.39 is 0 Å². The van der Waals surface area contributed by atoms with Crippen LogP contribution < -0.4 is 10.2 Å². The molecular weight excluding hydrogens is 336 g/mol. The van der Waals surface area contributed by atoms with E-state index in [0.29, 0.717) is 13.0 Å². The van der Waals surface area contributed by atoms with E-state index in [0.717, 1.165) is 35.4 Å². The standard InChI is InChI=1S/C22H26N4O/c1-16-7-6-10-18(15-16)26(17-8-2-3-9-17)22(27)23-14-13-21-24-19-11-4-5-12-20(19)25-21/h4-7,10-12,15,17H,2-3,8-9,13-14H2,1H3,(H,23,27)(H,24,25). The number of amides is 2. The van der Waals surface area contributed by atoms with E-state index in [2.05, 4.69) is 34.3 Å². The second-order valence-electron chi connectivity index (χ2n) is 7.33. The van der Waals surface area contributed by atoms with Crippen LogP contribution in [0.3, 0.4) is 0 Å². The molecule has 5 nitrogen and oxygen atoms in total. The van der Waals surface area contributed by atoms with E-state index in [-0.39, 0.29) is 12.1 Å². The Hall–Kier alpha value is -2.82. The minimum absolute atomic E-state index is 0.0105. The third-order valence-electron chi connectivity index (χ3n) is 5.26. The molecule has 1 aliphatic carbocycles. The van der Waals surface area contributed by atoms with Crippen LogP contribution in [0, 0.1) is 6.92 Å². The Kier molecular flexibility index (Phi) is 5.10. The summed E-state index contributed by atoms with van der Waals surface area (Å²) >= 11 is 0. The summed E-state index contributed by atoms with van der Waals surface area (Å²) in [7, 11) is 0. The number of hydrogen-bond acceptors (Lipinski definition) is 2. The second-order valence-corrected chi connectivity index (χ2v) is 7.33. The van der Waals surface area contributed by atoms with Crippen LogP contribution in [-0.2, 0) is 6.42 Å². The van der Waals surface area contributed by atoms with E-state index in [1.807, 2.05) is 41.3 Å². The number of aryl methyl sites for hydroxylation is 1. The second kappa shape index (κ2) is 7.82. The van der Waals surface area contributed by atoms with Crippen LogP contribution in [-0.4, -0.2) is 28.6 Å². The Morgan fingerprint density at radius 2 is 2.00 bits per heavy atom. The van der Waals surface area contributed by atoms with E-state index in [1.165, 1.54) is 18.4 Å². The third kappa shape index (κ3) is 3.97. The SMILES string of the molecule is Cc1cccc(N(C(=O)NCCc2nc3ccccc3[nH]2)C2CCCC2)c1. The molecule has 0 saturated heterocycles. The first-order valence-corrected chi connectivity index (χ1v) is 9.78. The highest BCUT2D eigenvalue weighted by molar-refractivity contribution is 5.92. The summed E-state index contributed by atoms with van der Waals surface area (Å²) in [6.45, 7) is 2.63. The molecular formula is C22H26N4O. The fourth-order valence-corrected chi connectivity index (χ4v) is 3.93. The molecule has 5 heteroatoms. The smallest absolute Gasteiger partial charge is 0.322 e.